The van der Waals surface area contributed by atoms with Gasteiger partial charge in [-0.3, -0.25) is 0 Å². The van der Waals surface area contributed by atoms with Crippen LogP contribution in [0.5, 0.6) is 0 Å². The molecule has 0 spiro atoms. The lowest BCUT2D eigenvalue weighted by Gasteiger charge is -2.01. The molecule has 0 saturated carbocycles. The molecule has 1 aliphatic heterocycles. The zero-order chi connectivity index (χ0) is 13.4. The van der Waals surface area contributed by atoms with Crippen molar-refractivity contribution >= 4 is 11.0 Å². The highest BCUT2D eigenvalue weighted by atomic mass is 16.5. The first-order chi connectivity index (χ1) is 9.90. The summed E-state index contributed by atoms with van der Waals surface area (Å²) < 4.78 is 10.9. The SMILES string of the molecule is c1ccc2c(Cc3nc([C@@H]4CCCN4)no3)coc2c1. The van der Waals surface area contributed by atoms with Crippen molar-refractivity contribution in [3.05, 3.63) is 47.8 Å². The molecular weight excluding hydrogens is 254 g/mol. The van der Waals surface area contributed by atoms with Crippen molar-refractivity contribution in [2.45, 2.75) is 25.3 Å². The fraction of sp³-hybridized carbons (Fsp3) is 0.333. The number of aromatic nitrogens is 2. The molecule has 1 saturated heterocycles. The van der Waals surface area contributed by atoms with Crippen molar-refractivity contribution in [3.63, 3.8) is 0 Å². The molecule has 0 bridgehead atoms. The van der Waals surface area contributed by atoms with Crippen LogP contribution >= 0.6 is 0 Å². The molecule has 1 fully saturated rings. The quantitative estimate of drug-likeness (QED) is 0.792. The van der Waals surface area contributed by atoms with Gasteiger partial charge < -0.3 is 14.3 Å². The number of hydrogen-bond donors (Lipinski definition) is 1. The molecule has 1 N–H and O–H groups in total. The molecule has 3 heterocycles. The molecule has 0 aliphatic carbocycles. The Balaban J connectivity index is 1.59. The summed E-state index contributed by atoms with van der Waals surface area (Å²) in [6.45, 7) is 1.03. The Labute approximate surface area is 116 Å². The van der Waals surface area contributed by atoms with E-state index in [0.717, 1.165) is 35.3 Å². The molecule has 1 aromatic carbocycles. The summed E-state index contributed by atoms with van der Waals surface area (Å²) in [5.74, 6) is 1.41. The Kier molecular flexibility index (Phi) is 2.77. The van der Waals surface area contributed by atoms with Gasteiger partial charge in [0.05, 0.1) is 18.7 Å². The van der Waals surface area contributed by atoms with Crippen LogP contribution in [0.3, 0.4) is 0 Å². The number of furan rings is 1. The van der Waals surface area contributed by atoms with Crippen molar-refractivity contribution in [2.75, 3.05) is 6.54 Å². The highest BCUT2D eigenvalue weighted by Gasteiger charge is 2.22. The van der Waals surface area contributed by atoms with E-state index in [1.54, 1.807) is 6.26 Å². The van der Waals surface area contributed by atoms with Crippen LogP contribution in [0, 0.1) is 0 Å². The first kappa shape index (κ1) is 11.7. The van der Waals surface area contributed by atoms with E-state index in [2.05, 4.69) is 15.5 Å². The number of hydrogen-bond acceptors (Lipinski definition) is 5. The fourth-order valence-corrected chi connectivity index (χ4v) is 2.72. The van der Waals surface area contributed by atoms with E-state index in [0.29, 0.717) is 12.3 Å². The van der Waals surface area contributed by atoms with Gasteiger partial charge in [-0.05, 0) is 25.5 Å². The summed E-state index contributed by atoms with van der Waals surface area (Å²) in [4.78, 5) is 4.49. The van der Waals surface area contributed by atoms with Crippen LogP contribution in [0.15, 0.2) is 39.5 Å². The molecule has 0 radical (unpaired) electrons. The fourth-order valence-electron chi connectivity index (χ4n) is 2.72. The number of para-hydroxylation sites is 1. The molecule has 1 atom stereocenters. The smallest absolute Gasteiger partial charge is 0.231 e. The lowest BCUT2D eigenvalue weighted by Crippen LogP contribution is -2.14. The van der Waals surface area contributed by atoms with Crippen LogP contribution in [0.1, 0.15) is 36.2 Å². The predicted octanol–water partition coefficient (Wildman–Crippen LogP) is 2.83. The van der Waals surface area contributed by atoms with Gasteiger partial charge in [-0.1, -0.05) is 23.4 Å². The average molecular weight is 269 g/mol. The van der Waals surface area contributed by atoms with E-state index >= 15 is 0 Å². The topological polar surface area (TPSA) is 64.1 Å². The highest BCUT2D eigenvalue weighted by molar-refractivity contribution is 5.81. The number of benzene rings is 1. The van der Waals surface area contributed by atoms with Gasteiger partial charge >= 0.3 is 0 Å². The Morgan fingerprint density at radius 1 is 1.30 bits per heavy atom. The van der Waals surface area contributed by atoms with E-state index in [-0.39, 0.29) is 6.04 Å². The maximum Gasteiger partial charge on any atom is 0.231 e. The molecule has 5 nitrogen and oxygen atoms in total. The van der Waals surface area contributed by atoms with Gasteiger partial charge in [-0.2, -0.15) is 4.98 Å². The first-order valence-electron chi connectivity index (χ1n) is 6.91. The van der Waals surface area contributed by atoms with Crippen LogP contribution in [0.2, 0.25) is 0 Å². The maximum absolute atomic E-state index is 5.53. The minimum absolute atomic E-state index is 0.244. The largest absolute Gasteiger partial charge is 0.464 e. The molecule has 0 unspecified atom stereocenters. The standard InChI is InChI=1S/C15H15N3O2/c1-2-6-13-11(4-1)10(9-19-13)8-14-17-15(18-20-14)12-5-3-7-16-12/h1-2,4,6,9,12,16H,3,5,7-8H2/t12-/m0/s1. The van der Waals surface area contributed by atoms with Gasteiger partial charge in [0.15, 0.2) is 5.82 Å². The average Bonchev–Trinajstić information content (AvgIpc) is 3.19. The highest BCUT2D eigenvalue weighted by Crippen LogP contribution is 2.24. The Bertz CT molecular complexity index is 725. The molecule has 2 aromatic heterocycles. The monoisotopic (exact) mass is 269 g/mol. The molecule has 1 aliphatic rings. The van der Waals surface area contributed by atoms with E-state index in [1.807, 2.05) is 24.3 Å². The van der Waals surface area contributed by atoms with Crippen LogP contribution < -0.4 is 5.32 Å². The van der Waals surface area contributed by atoms with E-state index < -0.39 is 0 Å². The van der Waals surface area contributed by atoms with E-state index in [4.69, 9.17) is 8.94 Å². The number of rotatable bonds is 3. The van der Waals surface area contributed by atoms with E-state index in [9.17, 15) is 0 Å². The number of fused-ring (bicyclic) bond motifs is 1. The minimum atomic E-state index is 0.244. The Morgan fingerprint density at radius 3 is 3.15 bits per heavy atom. The molecule has 4 rings (SSSR count). The van der Waals surface area contributed by atoms with Gasteiger partial charge in [0, 0.05) is 10.9 Å². The normalized spacial score (nSPS) is 18.9. The van der Waals surface area contributed by atoms with Gasteiger partial charge in [0.25, 0.3) is 0 Å². The van der Waals surface area contributed by atoms with Crippen molar-refractivity contribution in [1.82, 2.24) is 15.5 Å². The van der Waals surface area contributed by atoms with Gasteiger partial charge in [-0.25, -0.2) is 0 Å². The van der Waals surface area contributed by atoms with E-state index in [1.165, 1.54) is 6.42 Å². The van der Waals surface area contributed by atoms with Gasteiger partial charge in [0.2, 0.25) is 5.89 Å². The summed E-state index contributed by atoms with van der Waals surface area (Å²) in [6, 6.07) is 8.22. The van der Waals surface area contributed by atoms with Gasteiger partial charge in [-0.15, -0.1) is 0 Å². The third-order valence-electron chi connectivity index (χ3n) is 3.76. The second-order valence-corrected chi connectivity index (χ2v) is 5.13. The summed E-state index contributed by atoms with van der Waals surface area (Å²) in [5.41, 5.74) is 1.97. The zero-order valence-corrected chi connectivity index (χ0v) is 11.0. The van der Waals surface area contributed by atoms with Gasteiger partial charge in [0.1, 0.15) is 5.58 Å². The number of nitrogens with one attached hydrogen (secondary N) is 1. The Hall–Kier alpha value is -2.14. The second-order valence-electron chi connectivity index (χ2n) is 5.13. The lowest BCUT2D eigenvalue weighted by atomic mass is 10.1. The number of nitrogens with zero attached hydrogens (tertiary/aromatic N) is 2. The summed E-state index contributed by atoms with van der Waals surface area (Å²) >= 11 is 0. The lowest BCUT2D eigenvalue weighted by molar-refractivity contribution is 0.373. The summed E-state index contributed by atoms with van der Waals surface area (Å²) in [5, 5.41) is 8.55. The molecule has 0 amide bonds. The third kappa shape index (κ3) is 2.00. The predicted molar refractivity (Wildman–Crippen MR) is 73.3 cm³/mol. The molecule has 5 heteroatoms. The van der Waals surface area contributed by atoms with Crippen molar-refractivity contribution < 1.29 is 8.94 Å². The molecule has 3 aromatic rings. The summed E-state index contributed by atoms with van der Waals surface area (Å²) in [6.07, 6.45) is 4.62. The molecule has 102 valence electrons. The van der Waals surface area contributed by atoms with Crippen LogP contribution in [0.25, 0.3) is 11.0 Å². The zero-order valence-electron chi connectivity index (χ0n) is 11.0. The second kappa shape index (κ2) is 4.76. The molecule has 20 heavy (non-hydrogen) atoms. The minimum Gasteiger partial charge on any atom is -0.464 e. The van der Waals surface area contributed by atoms with Crippen molar-refractivity contribution in [1.29, 1.82) is 0 Å². The molecular formula is C15H15N3O2. The van der Waals surface area contributed by atoms with Crippen LogP contribution in [-0.2, 0) is 6.42 Å². The third-order valence-corrected chi connectivity index (χ3v) is 3.76. The first-order valence-corrected chi connectivity index (χ1v) is 6.91. The van der Waals surface area contributed by atoms with Crippen LogP contribution in [0.4, 0.5) is 0 Å². The van der Waals surface area contributed by atoms with Crippen LogP contribution in [-0.4, -0.2) is 16.7 Å². The summed E-state index contributed by atoms with van der Waals surface area (Å²) in [7, 11) is 0. The van der Waals surface area contributed by atoms with Crippen molar-refractivity contribution in [2.24, 2.45) is 0 Å². The van der Waals surface area contributed by atoms with Crippen molar-refractivity contribution in [3.8, 4) is 0 Å². The Morgan fingerprint density at radius 2 is 2.25 bits per heavy atom. The maximum atomic E-state index is 5.53.